The van der Waals surface area contributed by atoms with Gasteiger partial charge in [0.2, 0.25) is 0 Å². The summed E-state index contributed by atoms with van der Waals surface area (Å²) in [6.45, 7) is 0.569. The molecular weight excluding hydrogens is 369 g/mol. The lowest BCUT2D eigenvalue weighted by molar-refractivity contribution is 0.0424. The van der Waals surface area contributed by atoms with Crippen LogP contribution >= 0.6 is 34.9 Å². The van der Waals surface area contributed by atoms with Gasteiger partial charge in [0, 0.05) is 18.1 Å². The van der Waals surface area contributed by atoms with Gasteiger partial charge >= 0.3 is 0 Å². The number of rotatable bonds is 7. The van der Waals surface area contributed by atoms with E-state index in [0.29, 0.717) is 33.7 Å². The summed E-state index contributed by atoms with van der Waals surface area (Å²) >= 11 is 8.83. The van der Waals surface area contributed by atoms with E-state index in [1.165, 1.54) is 17.4 Å². The molecule has 1 saturated carbocycles. The molecule has 3 rings (SSSR count). The topological polar surface area (TPSA) is 57.2 Å². The van der Waals surface area contributed by atoms with Crippen molar-refractivity contribution in [3.8, 4) is 0 Å². The van der Waals surface area contributed by atoms with E-state index < -0.39 is 5.60 Å². The second kappa shape index (κ2) is 7.91. The number of nitrogens with one attached hydrogen (secondary N) is 2. The molecule has 0 bridgehead atoms. The van der Waals surface area contributed by atoms with E-state index in [-0.39, 0.29) is 5.82 Å². The molecule has 130 valence electrons. The molecule has 1 aromatic heterocycles. The quantitative estimate of drug-likeness (QED) is 0.573. The average Bonchev–Trinajstić information content (AvgIpc) is 3.21. The summed E-state index contributed by atoms with van der Waals surface area (Å²) in [6.07, 6.45) is 6.16. The molecule has 1 heterocycles. The SMILES string of the molecule is OC1(CCNc2cc(F)c(SNc3nccs3)cc2Cl)CCCC1. The summed E-state index contributed by atoms with van der Waals surface area (Å²) < 4.78 is 17.2. The van der Waals surface area contributed by atoms with Crippen molar-refractivity contribution in [3.05, 3.63) is 34.5 Å². The Bertz CT molecular complexity index is 678. The van der Waals surface area contributed by atoms with Crippen LogP contribution in [0.25, 0.3) is 0 Å². The summed E-state index contributed by atoms with van der Waals surface area (Å²) in [4.78, 5) is 4.49. The Balaban J connectivity index is 1.57. The van der Waals surface area contributed by atoms with E-state index in [0.717, 1.165) is 37.6 Å². The van der Waals surface area contributed by atoms with Gasteiger partial charge in [0.1, 0.15) is 5.82 Å². The van der Waals surface area contributed by atoms with Crippen LogP contribution in [0.3, 0.4) is 0 Å². The first-order chi connectivity index (χ1) is 11.6. The highest BCUT2D eigenvalue weighted by molar-refractivity contribution is 8.00. The van der Waals surface area contributed by atoms with Gasteiger partial charge < -0.3 is 15.1 Å². The van der Waals surface area contributed by atoms with Crippen molar-refractivity contribution in [3.63, 3.8) is 0 Å². The number of thiazole rings is 1. The molecule has 8 heteroatoms. The van der Waals surface area contributed by atoms with E-state index in [2.05, 4.69) is 15.0 Å². The van der Waals surface area contributed by atoms with Crippen LogP contribution < -0.4 is 10.0 Å². The van der Waals surface area contributed by atoms with Gasteiger partial charge in [-0.15, -0.1) is 11.3 Å². The molecule has 0 aliphatic heterocycles. The highest BCUT2D eigenvalue weighted by Gasteiger charge is 2.30. The lowest BCUT2D eigenvalue weighted by Gasteiger charge is -2.22. The van der Waals surface area contributed by atoms with Crippen molar-refractivity contribution in [2.24, 2.45) is 0 Å². The molecule has 0 radical (unpaired) electrons. The lowest BCUT2D eigenvalue weighted by Crippen LogP contribution is -2.27. The Hall–Kier alpha value is -1.02. The second-order valence-corrected chi connectivity index (χ2v) is 8.06. The number of nitrogens with zero attached hydrogens (tertiary/aromatic N) is 1. The molecule has 0 amide bonds. The summed E-state index contributed by atoms with van der Waals surface area (Å²) in [7, 11) is 0. The lowest BCUT2D eigenvalue weighted by atomic mass is 9.98. The normalized spacial score (nSPS) is 16.3. The number of anilines is 2. The minimum absolute atomic E-state index is 0.351. The van der Waals surface area contributed by atoms with Crippen LogP contribution in [0.4, 0.5) is 15.2 Å². The van der Waals surface area contributed by atoms with Gasteiger partial charge in [-0.2, -0.15) is 0 Å². The van der Waals surface area contributed by atoms with Gasteiger partial charge in [0.05, 0.1) is 21.2 Å². The monoisotopic (exact) mass is 387 g/mol. The third-order valence-corrected chi connectivity index (χ3v) is 6.10. The minimum atomic E-state index is -0.578. The average molecular weight is 388 g/mol. The van der Waals surface area contributed by atoms with E-state index in [4.69, 9.17) is 11.6 Å². The van der Waals surface area contributed by atoms with Gasteiger partial charge in [-0.05, 0) is 43.3 Å². The number of benzene rings is 1. The Morgan fingerprint density at radius 1 is 1.38 bits per heavy atom. The second-order valence-electron chi connectivity index (χ2n) is 5.91. The third-order valence-electron chi connectivity index (χ3n) is 4.14. The zero-order valence-corrected chi connectivity index (χ0v) is 15.4. The van der Waals surface area contributed by atoms with Gasteiger partial charge in [-0.25, -0.2) is 9.37 Å². The molecule has 1 fully saturated rings. The van der Waals surface area contributed by atoms with Crippen LogP contribution in [0.5, 0.6) is 0 Å². The standard InChI is InChI=1S/C16H19ClFN3OS2/c17-11-9-14(24-21-15-20-7-8-23-15)12(18)10-13(11)19-6-5-16(22)3-1-2-4-16/h7-10,19,22H,1-6H2,(H,20,21). The van der Waals surface area contributed by atoms with E-state index in [1.54, 1.807) is 12.3 Å². The molecule has 0 unspecified atom stereocenters. The van der Waals surface area contributed by atoms with Crippen molar-refractivity contribution < 1.29 is 9.50 Å². The van der Waals surface area contributed by atoms with Crippen molar-refractivity contribution >= 4 is 45.7 Å². The molecule has 1 aromatic carbocycles. The first-order valence-electron chi connectivity index (χ1n) is 7.83. The summed E-state index contributed by atoms with van der Waals surface area (Å²) in [5.74, 6) is -0.351. The van der Waals surface area contributed by atoms with E-state index >= 15 is 0 Å². The first kappa shape index (κ1) is 17.8. The van der Waals surface area contributed by atoms with Gasteiger partial charge in [0.15, 0.2) is 5.13 Å². The van der Waals surface area contributed by atoms with E-state index in [1.807, 2.05) is 5.38 Å². The molecule has 24 heavy (non-hydrogen) atoms. The Morgan fingerprint density at radius 2 is 2.17 bits per heavy atom. The maximum Gasteiger partial charge on any atom is 0.192 e. The van der Waals surface area contributed by atoms with Crippen LogP contribution in [0, 0.1) is 5.82 Å². The van der Waals surface area contributed by atoms with Crippen LogP contribution in [0.1, 0.15) is 32.1 Å². The zero-order chi connectivity index (χ0) is 17.0. The van der Waals surface area contributed by atoms with Gasteiger partial charge in [-0.3, -0.25) is 0 Å². The Kier molecular flexibility index (Phi) is 5.86. The van der Waals surface area contributed by atoms with Gasteiger partial charge in [0.25, 0.3) is 0 Å². The van der Waals surface area contributed by atoms with Crippen LogP contribution in [0.2, 0.25) is 5.02 Å². The predicted octanol–water partition coefficient (Wildman–Crippen LogP) is 5.16. The van der Waals surface area contributed by atoms with Crippen LogP contribution in [0.15, 0.2) is 28.6 Å². The Labute approximate surface area is 154 Å². The molecule has 0 atom stereocenters. The molecule has 3 N–H and O–H groups in total. The molecule has 1 aliphatic rings. The van der Waals surface area contributed by atoms with Crippen molar-refractivity contribution in [2.75, 3.05) is 16.6 Å². The van der Waals surface area contributed by atoms with E-state index in [9.17, 15) is 9.50 Å². The number of aliphatic hydroxyl groups is 1. The van der Waals surface area contributed by atoms with Crippen molar-refractivity contribution in [1.82, 2.24) is 4.98 Å². The Morgan fingerprint density at radius 3 is 2.88 bits per heavy atom. The number of hydrogen-bond donors (Lipinski definition) is 3. The fraction of sp³-hybridized carbons (Fsp3) is 0.438. The molecule has 0 saturated heterocycles. The largest absolute Gasteiger partial charge is 0.390 e. The summed E-state index contributed by atoms with van der Waals surface area (Å²) in [6, 6.07) is 2.99. The molecule has 0 spiro atoms. The highest BCUT2D eigenvalue weighted by Crippen LogP contribution is 2.34. The maximum atomic E-state index is 14.2. The van der Waals surface area contributed by atoms with Crippen molar-refractivity contribution in [1.29, 1.82) is 0 Å². The van der Waals surface area contributed by atoms with Crippen LogP contribution in [-0.2, 0) is 0 Å². The fourth-order valence-electron chi connectivity index (χ4n) is 2.83. The summed E-state index contributed by atoms with van der Waals surface area (Å²) in [5.41, 5.74) is -0.0276. The summed E-state index contributed by atoms with van der Waals surface area (Å²) in [5, 5.41) is 16.5. The first-order valence-corrected chi connectivity index (χ1v) is 9.91. The predicted molar refractivity (Wildman–Crippen MR) is 99.5 cm³/mol. The zero-order valence-electron chi connectivity index (χ0n) is 13.0. The fourth-order valence-corrected chi connectivity index (χ4v) is 4.40. The number of halogens is 2. The molecule has 2 aromatic rings. The third kappa shape index (κ3) is 4.53. The minimum Gasteiger partial charge on any atom is -0.390 e. The van der Waals surface area contributed by atoms with Gasteiger partial charge in [-0.1, -0.05) is 24.4 Å². The maximum absolute atomic E-state index is 14.2. The number of hydrogen-bond acceptors (Lipinski definition) is 6. The van der Waals surface area contributed by atoms with Crippen LogP contribution in [-0.4, -0.2) is 22.2 Å². The molecule has 1 aliphatic carbocycles. The number of aromatic nitrogens is 1. The smallest absolute Gasteiger partial charge is 0.192 e. The molecular formula is C16H19ClFN3OS2. The van der Waals surface area contributed by atoms with Crippen molar-refractivity contribution in [2.45, 2.75) is 42.6 Å². The molecule has 4 nitrogen and oxygen atoms in total. The highest BCUT2D eigenvalue weighted by atomic mass is 35.5.